The molecular formula is C23H21F3N6O. The molecule has 33 heavy (non-hydrogen) atoms. The molecule has 0 amide bonds. The second-order valence-corrected chi connectivity index (χ2v) is 8.03. The Bertz CT molecular complexity index is 1310. The molecule has 0 fully saturated rings. The Morgan fingerprint density at radius 1 is 1.12 bits per heavy atom. The van der Waals surface area contributed by atoms with Crippen LogP contribution in [0.4, 0.5) is 13.2 Å². The van der Waals surface area contributed by atoms with E-state index < -0.39 is 11.7 Å². The number of imidazole rings is 1. The molecule has 3 aromatic heterocycles. The molecule has 1 aromatic carbocycles. The quantitative estimate of drug-likeness (QED) is 0.451. The summed E-state index contributed by atoms with van der Waals surface area (Å²) in [5.41, 5.74) is 2.22. The van der Waals surface area contributed by atoms with E-state index in [1.807, 2.05) is 29.8 Å². The molecule has 1 atom stereocenters. The maximum Gasteiger partial charge on any atom is 0.416 e. The average Bonchev–Trinajstić information content (AvgIpc) is 3.43. The number of pyridine rings is 1. The van der Waals surface area contributed by atoms with Gasteiger partial charge >= 0.3 is 6.18 Å². The van der Waals surface area contributed by atoms with E-state index in [4.69, 9.17) is 4.74 Å². The minimum atomic E-state index is -4.36. The largest absolute Gasteiger partial charge is 0.479 e. The maximum atomic E-state index is 13.1. The van der Waals surface area contributed by atoms with Crippen molar-refractivity contribution >= 4 is 0 Å². The lowest BCUT2D eigenvalue weighted by atomic mass is 9.89. The molecule has 0 unspecified atom stereocenters. The number of rotatable bonds is 4. The van der Waals surface area contributed by atoms with Crippen molar-refractivity contribution in [1.29, 1.82) is 0 Å². The maximum absolute atomic E-state index is 13.1. The van der Waals surface area contributed by atoms with Gasteiger partial charge in [0.2, 0.25) is 5.88 Å². The number of methoxy groups -OCH3 is 1. The fourth-order valence-corrected chi connectivity index (χ4v) is 4.12. The van der Waals surface area contributed by atoms with Crippen molar-refractivity contribution in [2.45, 2.75) is 38.4 Å². The molecule has 0 saturated heterocycles. The number of aromatic nitrogens is 6. The third-order valence-electron chi connectivity index (χ3n) is 5.80. The van der Waals surface area contributed by atoms with Crippen molar-refractivity contribution < 1.29 is 17.9 Å². The molecular weight excluding hydrogens is 433 g/mol. The van der Waals surface area contributed by atoms with Gasteiger partial charge in [-0.2, -0.15) is 13.2 Å². The van der Waals surface area contributed by atoms with Crippen molar-refractivity contribution in [2.24, 2.45) is 0 Å². The van der Waals surface area contributed by atoms with Gasteiger partial charge in [0.25, 0.3) is 0 Å². The molecule has 7 nitrogen and oxygen atoms in total. The first-order valence-electron chi connectivity index (χ1n) is 10.5. The SMILES string of the molecule is COc1nc(-c2nc3n(n2)CC[C@@H](c2cccc(C(F)(F)F)c2)C3)ccc1-n1cnc(C)c1. The molecule has 0 N–H and O–H groups in total. The summed E-state index contributed by atoms with van der Waals surface area (Å²) in [5, 5.41) is 4.58. The highest BCUT2D eigenvalue weighted by Gasteiger charge is 2.32. The summed E-state index contributed by atoms with van der Waals surface area (Å²) in [6.07, 6.45) is 0.408. The molecule has 170 valence electrons. The number of benzene rings is 1. The van der Waals surface area contributed by atoms with Crippen molar-refractivity contribution in [3.63, 3.8) is 0 Å². The normalized spacial score (nSPS) is 16.0. The van der Waals surface area contributed by atoms with E-state index in [1.165, 1.54) is 12.1 Å². The Labute approximate surface area is 187 Å². The lowest BCUT2D eigenvalue weighted by Gasteiger charge is -2.23. The van der Waals surface area contributed by atoms with Gasteiger partial charge in [0.1, 0.15) is 17.2 Å². The summed E-state index contributed by atoms with van der Waals surface area (Å²) >= 11 is 0. The van der Waals surface area contributed by atoms with Crippen LogP contribution < -0.4 is 4.74 Å². The highest BCUT2D eigenvalue weighted by atomic mass is 19.4. The summed E-state index contributed by atoms with van der Waals surface area (Å²) < 4.78 is 48.5. The van der Waals surface area contributed by atoms with Gasteiger partial charge in [0.15, 0.2) is 5.82 Å². The van der Waals surface area contributed by atoms with Crippen LogP contribution in [0, 0.1) is 6.92 Å². The van der Waals surface area contributed by atoms with Gasteiger partial charge in [-0.25, -0.2) is 19.6 Å². The lowest BCUT2D eigenvalue weighted by molar-refractivity contribution is -0.137. The van der Waals surface area contributed by atoms with Crippen LogP contribution in [0.25, 0.3) is 17.2 Å². The molecule has 0 radical (unpaired) electrons. The van der Waals surface area contributed by atoms with Crippen LogP contribution in [0.2, 0.25) is 0 Å². The fourth-order valence-electron chi connectivity index (χ4n) is 4.12. The molecule has 1 aliphatic heterocycles. The smallest absolute Gasteiger partial charge is 0.416 e. The van der Waals surface area contributed by atoms with Crippen molar-refractivity contribution in [3.8, 4) is 23.1 Å². The number of aryl methyl sites for hydroxylation is 2. The molecule has 4 heterocycles. The highest BCUT2D eigenvalue weighted by molar-refractivity contribution is 5.55. The number of hydrogen-bond donors (Lipinski definition) is 0. The second-order valence-electron chi connectivity index (χ2n) is 8.03. The Balaban J connectivity index is 1.42. The Morgan fingerprint density at radius 3 is 2.70 bits per heavy atom. The molecule has 0 saturated carbocycles. The predicted octanol–water partition coefficient (Wildman–Crippen LogP) is 4.59. The van der Waals surface area contributed by atoms with E-state index in [9.17, 15) is 13.2 Å². The van der Waals surface area contributed by atoms with Gasteiger partial charge in [-0.15, -0.1) is 5.10 Å². The molecule has 5 rings (SSSR count). The number of alkyl halides is 3. The van der Waals surface area contributed by atoms with Gasteiger partial charge in [-0.1, -0.05) is 18.2 Å². The van der Waals surface area contributed by atoms with Gasteiger partial charge in [0.05, 0.1) is 24.7 Å². The van der Waals surface area contributed by atoms with Crippen LogP contribution in [-0.4, -0.2) is 36.4 Å². The first-order chi connectivity index (χ1) is 15.8. The Hall–Kier alpha value is -3.69. The Morgan fingerprint density at radius 2 is 1.97 bits per heavy atom. The summed E-state index contributed by atoms with van der Waals surface area (Å²) in [4.78, 5) is 13.4. The highest BCUT2D eigenvalue weighted by Crippen LogP contribution is 2.35. The predicted molar refractivity (Wildman–Crippen MR) is 114 cm³/mol. The minimum Gasteiger partial charge on any atom is -0.479 e. The van der Waals surface area contributed by atoms with Gasteiger partial charge in [0, 0.05) is 19.2 Å². The summed E-state index contributed by atoms with van der Waals surface area (Å²) in [7, 11) is 1.55. The molecule has 0 spiro atoms. The summed E-state index contributed by atoms with van der Waals surface area (Å²) in [5.74, 6) is 1.56. The van der Waals surface area contributed by atoms with E-state index in [2.05, 4.69) is 20.1 Å². The van der Waals surface area contributed by atoms with Crippen LogP contribution in [0.15, 0.2) is 48.9 Å². The van der Waals surface area contributed by atoms with Gasteiger partial charge in [-0.05, 0) is 43.0 Å². The number of ether oxygens (including phenoxy) is 1. The van der Waals surface area contributed by atoms with Crippen LogP contribution in [-0.2, 0) is 19.1 Å². The van der Waals surface area contributed by atoms with Crippen LogP contribution in [0.1, 0.15) is 35.0 Å². The number of nitrogens with zero attached hydrogens (tertiary/aromatic N) is 6. The van der Waals surface area contributed by atoms with E-state index in [0.717, 1.165) is 23.3 Å². The van der Waals surface area contributed by atoms with Crippen molar-refractivity contribution in [1.82, 2.24) is 29.3 Å². The van der Waals surface area contributed by atoms with Gasteiger partial charge < -0.3 is 9.30 Å². The fraction of sp³-hybridized carbons (Fsp3) is 0.304. The number of hydrogen-bond acceptors (Lipinski definition) is 5. The second kappa shape index (κ2) is 8.02. The third-order valence-corrected chi connectivity index (χ3v) is 5.80. The first kappa shape index (κ1) is 21.2. The molecule has 0 bridgehead atoms. The topological polar surface area (TPSA) is 70.7 Å². The molecule has 10 heteroatoms. The van der Waals surface area contributed by atoms with E-state index >= 15 is 0 Å². The zero-order chi connectivity index (χ0) is 23.2. The Kier molecular flexibility index (Phi) is 5.15. The van der Waals surface area contributed by atoms with Crippen LogP contribution >= 0.6 is 0 Å². The number of fused-ring (bicyclic) bond motifs is 1. The standard InChI is InChI=1S/C23H21F3N6O/c1-14-12-31(13-27-14)19-7-6-18(28-22(19)33-2)21-29-20-11-16(8-9-32(20)30-21)15-4-3-5-17(10-15)23(24,25)26/h3-7,10,12-13,16H,8-9,11H2,1-2H3/t16-/m1/s1. The van der Waals surface area contributed by atoms with Crippen molar-refractivity contribution in [3.05, 3.63) is 71.6 Å². The number of halogens is 3. The first-order valence-corrected chi connectivity index (χ1v) is 10.5. The minimum absolute atomic E-state index is 0.0498. The average molecular weight is 454 g/mol. The summed E-state index contributed by atoms with van der Waals surface area (Å²) in [6, 6.07) is 9.23. The third kappa shape index (κ3) is 4.08. The van der Waals surface area contributed by atoms with Crippen molar-refractivity contribution in [2.75, 3.05) is 7.11 Å². The van der Waals surface area contributed by atoms with E-state index in [0.29, 0.717) is 42.3 Å². The van der Waals surface area contributed by atoms with Crippen LogP contribution in [0.5, 0.6) is 5.88 Å². The van der Waals surface area contributed by atoms with E-state index in [1.54, 1.807) is 24.2 Å². The zero-order valence-electron chi connectivity index (χ0n) is 18.0. The molecule has 0 aliphatic carbocycles. The monoisotopic (exact) mass is 454 g/mol. The summed E-state index contributed by atoms with van der Waals surface area (Å²) in [6.45, 7) is 2.48. The van der Waals surface area contributed by atoms with E-state index in [-0.39, 0.29) is 5.92 Å². The zero-order valence-corrected chi connectivity index (χ0v) is 18.0. The molecule has 4 aromatic rings. The molecule has 1 aliphatic rings. The van der Waals surface area contributed by atoms with Crippen LogP contribution in [0.3, 0.4) is 0 Å². The lowest BCUT2D eigenvalue weighted by Crippen LogP contribution is -2.19. The van der Waals surface area contributed by atoms with Gasteiger partial charge in [-0.3, -0.25) is 0 Å².